The first-order valence-corrected chi connectivity index (χ1v) is 14.6. The summed E-state index contributed by atoms with van der Waals surface area (Å²) in [5, 5.41) is 2.26. The van der Waals surface area contributed by atoms with Gasteiger partial charge in [-0.15, -0.1) is 0 Å². The Kier molecular flexibility index (Phi) is 5.76. The summed E-state index contributed by atoms with van der Waals surface area (Å²) < 4.78 is 0. The van der Waals surface area contributed by atoms with Gasteiger partial charge in [0.2, 0.25) is 0 Å². The maximum Gasteiger partial charge on any atom is 0.164 e. The van der Waals surface area contributed by atoms with Crippen molar-refractivity contribution in [3.8, 4) is 56.4 Å². The van der Waals surface area contributed by atoms with Gasteiger partial charge in [-0.1, -0.05) is 111 Å². The molecule has 43 heavy (non-hydrogen) atoms. The SMILES string of the molecule is CC1(C)c2ccccc2-c2ccc(-c3cccc(-c4nc(-c5ccncc5)nc(-c5cccc6ccccc56)n4)c3)cc21. The van der Waals surface area contributed by atoms with E-state index in [2.05, 4.69) is 128 Å². The van der Waals surface area contributed by atoms with Crippen molar-refractivity contribution in [2.75, 3.05) is 0 Å². The van der Waals surface area contributed by atoms with Crippen LogP contribution in [-0.2, 0) is 5.41 Å². The molecule has 0 saturated heterocycles. The van der Waals surface area contributed by atoms with Gasteiger partial charge in [0.15, 0.2) is 17.5 Å². The summed E-state index contributed by atoms with van der Waals surface area (Å²) in [6.07, 6.45) is 3.54. The molecule has 0 unspecified atom stereocenters. The molecule has 5 aromatic carbocycles. The van der Waals surface area contributed by atoms with E-state index in [1.54, 1.807) is 12.4 Å². The smallest absolute Gasteiger partial charge is 0.164 e. The Morgan fingerprint density at radius 2 is 1.07 bits per heavy atom. The van der Waals surface area contributed by atoms with Gasteiger partial charge >= 0.3 is 0 Å². The van der Waals surface area contributed by atoms with Gasteiger partial charge in [-0.2, -0.15) is 0 Å². The summed E-state index contributed by atoms with van der Waals surface area (Å²) in [6.45, 7) is 4.64. The van der Waals surface area contributed by atoms with Crippen LogP contribution < -0.4 is 0 Å². The van der Waals surface area contributed by atoms with E-state index in [1.807, 2.05) is 12.1 Å². The molecule has 0 N–H and O–H groups in total. The Morgan fingerprint density at radius 3 is 1.95 bits per heavy atom. The highest BCUT2D eigenvalue weighted by atomic mass is 15.0. The fraction of sp³-hybridized carbons (Fsp3) is 0.0769. The summed E-state index contributed by atoms with van der Waals surface area (Å²) in [5.41, 5.74) is 10.5. The second kappa shape index (κ2) is 9.81. The van der Waals surface area contributed by atoms with Gasteiger partial charge in [0.1, 0.15) is 0 Å². The molecule has 8 rings (SSSR count). The van der Waals surface area contributed by atoms with Gasteiger partial charge in [-0.25, -0.2) is 15.0 Å². The highest BCUT2D eigenvalue weighted by Crippen LogP contribution is 2.49. The van der Waals surface area contributed by atoms with E-state index < -0.39 is 0 Å². The summed E-state index contributed by atoms with van der Waals surface area (Å²) in [6, 6.07) is 42.6. The van der Waals surface area contributed by atoms with Crippen molar-refractivity contribution in [3.05, 3.63) is 145 Å². The van der Waals surface area contributed by atoms with E-state index >= 15 is 0 Å². The van der Waals surface area contributed by atoms with Crippen LogP contribution in [0.4, 0.5) is 0 Å². The maximum absolute atomic E-state index is 5.05. The zero-order chi connectivity index (χ0) is 29.0. The van der Waals surface area contributed by atoms with Crippen LogP contribution in [0.3, 0.4) is 0 Å². The Labute approximate surface area is 250 Å². The van der Waals surface area contributed by atoms with E-state index in [0.717, 1.165) is 33.0 Å². The van der Waals surface area contributed by atoms with Gasteiger partial charge in [0.25, 0.3) is 0 Å². The number of fused-ring (bicyclic) bond motifs is 4. The summed E-state index contributed by atoms with van der Waals surface area (Å²) in [5.74, 6) is 1.91. The first-order valence-electron chi connectivity index (χ1n) is 14.6. The van der Waals surface area contributed by atoms with Crippen molar-refractivity contribution in [2.45, 2.75) is 19.3 Å². The topological polar surface area (TPSA) is 51.6 Å². The average molecular weight is 553 g/mol. The Bertz CT molecular complexity index is 2160. The molecule has 2 aromatic heterocycles. The molecule has 0 atom stereocenters. The molecule has 0 radical (unpaired) electrons. The van der Waals surface area contributed by atoms with Crippen molar-refractivity contribution >= 4 is 10.8 Å². The van der Waals surface area contributed by atoms with Crippen LogP contribution in [0, 0.1) is 0 Å². The third kappa shape index (κ3) is 4.22. The number of benzene rings is 5. The maximum atomic E-state index is 5.05. The van der Waals surface area contributed by atoms with Crippen LogP contribution in [0.1, 0.15) is 25.0 Å². The minimum atomic E-state index is -0.0550. The largest absolute Gasteiger partial charge is 0.265 e. The predicted molar refractivity (Wildman–Crippen MR) is 174 cm³/mol. The quantitative estimate of drug-likeness (QED) is 0.218. The van der Waals surface area contributed by atoms with E-state index in [0.29, 0.717) is 17.5 Å². The van der Waals surface area contributed by atoms with Gasteiger partial charge in [0.05, 0.1) is 0 Å². The minimum absolute atomic E-state index is 0.0550. The van der Waals surface area contributed by atoms with Crippen LogP contribution in [0.15, 0.2) is 134 Å². The second-order valence-corrected chi connectivity index (χ2v) is 11.6. The van der Waals surface area contributed by atoms with Crippen LogP contribution >= 0.6 is 0 Å². The van der Waals surface area contributed by atoms with Gasteiger partial charge in [-0.05, 0) is 68.4 Å². The molecule has 4 heteroatoms. The minimum Gasteiger partial charge on any atom is -0.265 e. The fourth-order valence-electron chi connectivity index (χ4n) is 6.40. The van der Waals surface area contributed by atoms with Crippen molar-refractivity contribution < 1.29 is 0 Å². The Balaban J connectivity index is 1.27. The third-order valence-corrected chi connectivity index (χ3v) is 8.64. The lowest BCUT2D eigenvalue weighted by molar-refractivity contribution is 0.660. The highest BCUT2D eigenvalue weighted by Gasteiger charge is 2.35. The Hall–Kier alpha value is -5.48. The van der Waals surface area contributed by atoms with Crippen molar-refractivity contribution in [1.29, 1.82) is 0 Å². The lowest BCUT2D eigenvalue weighted by Gasteiger charge is -2.22. The van der Waals surface area contributed by atoms with Crippen molar-refractivity contribution in [1.82, 2.24) is 19.9 Å². The highest BCUT2D eigenvalue weighted by molar-refractivity contribution is 5.95. The monoisotopic (exact) mass is 552 g/mol. The first-order chi connectivity index (χ1) is 21.1. The van der Waals surface area contributed by atoms with Crippen LogP contribution in [0.2, 0.25) is 0 Å². The second-order valence-electron chi connectivity index (χ2n) is 11.6. The van der Waals surface area contributed by atoms with E-state index in [4.69, 9.17) is 15.0 Å². The van der Waals surface area contributed by atoms with E-state index in [-0.39, 0.29) is 5.41 Å². The predicted octanol–water partition coefficient (Wildman–Crippen LogP) is 9.39. The average Bonchev–Trinajstić information content (AvgIpc) is 3.30. The molecular weight excluding hydrogens is 524 g/mol. The first kappa shape index (κ1) is 25.2. The van der Waals surface area contributed by atoms with Crippen LogP contribution in [0.25, 0.3) is 67.2 Å². The molecule has 0 amide bonds. The van der Waals surface area contributed by atoms with Gasteiger partial charge < -0.3 is 0 Å². The van der Waals surface area contributed by atoms with Crippen molar-refractivity contribution in [2.24, 2.45) is 0 Å². The fourth-order valence-corrected chi connectivity index (χ4v) is 6.40. The standard InChI is InChI=1S/C39H28N4/c1-39(2)34-16-6-5-14-31(34)32-18-17-28(24-35(32)39)27-11-7-12-29(23-27)37-41-36(26-19-21-40-22-20-26)42-38(43-37)33-15-8-10-25-9-3-4-13-30(25)33/h3-24H,1-2H3. The number of rotatable bonds is 4. The lowest BCUT2D eigenvalue weighted by Crippen LogP contribution is -2.14. The molecule has 1 aliphatic carbocycles. The normalized spacial score (nSPS) is 13.1. The molecule has 1 aliphatic rings. The summed E-state index contributed by atoms with van der Waals surface area (Å²) in [7, 11) is 0. The molecule has 0 saturated carbocycles. The number of hydrogen-bond donors (Lipinski definition) is 0. The molecule has 7 aromatic rings. The van der Waals surface area contributed by atoms with E-state index in [9.17, 15) is 0 Å². The third-order valence-electron chi connectivity index (χ3n) is 8.64. The zero-order valence-electron chi connectivity index (χ0n) is 24.0. The number of nitrogens with zero attached hydrogens (tertiary/aromatic N) is 4. The van der Waals surface area contributed by atoms with Gasteiger partial charge in [0, 0.05) is 34.5 Å². The molecule has 204 valence electrons. The molecule has 0 spiro atoms. The summed E-state index contributed by atoms with van der Waals surface area (Å²) in [4.78, 5) is 19.2. The van der Waals surface area contributed by atoms with Crippen LogP contribution in [0.5, 0.6) is 0 Å². The molecule has 2 heterocycles. The number of aromatic nitrogens is 4. The molecule has 0 bridgehead atoms. The molecular formula is C39H28N4. The molecule has 0 fully saturated rings. The zero-order valence-corrected chi connectivity index (χ0v) is 24.0. The van der Waals surface area contributed by atoms with Gasteiger partial charge in [-0.3, -0.25) is 4.98 Å². The molecule has 4 nitrogen and oxygen atoms in total. The summed E-state index contributed by atoms with van der Waals surface area (Å²) >= 11 is 0. The number of hydrogen-bond acceptors (Lipinski definition) is 4. The van der Waals surface area contributed by atoms with Crippen molar-refractivity contribution in [3.63, 3.8) is 0 Å². The van der Waals surface area contributed by atoms with E-state index in [1.165, 1.54) is 27.8 Å². The Morgan fingerprint density at radius 1 is 0.442 bits per heavy atom. The molecule has 0 aliphatic heterocycles. The van der Waals surface area contributed by atoms with Crippen LogP contribution in [-0.4, -0.2) is 19.9 Å². The number of pyridine rings is 1. The lowest BCUT2D eigenvalue weighted by atomic mass is 9.81.